The summed E-state index contributed by atoms with van der Waals surface area (Å²) < 4.78 is 52.9. The third-order valence-corrected chi connectivity index (χ3v) is 10.2. The van der Waals surface area contributed by atoms with Gasteiger partial charge in [0.05, 0.1) is 17.3 Å². The van der Waals surface area contributed by atoms with E-state index in [9.17, 15) is 27.6 Å². The lowest BCUT2D eigenvalue weighted by molar-refractivity contribution is 0.0589. The summed E-state index contributed by atoms with van der Waals surface area (Å²) in [5.41, 5.74) is 0.936. The summed E-state index contributed by atoms with van der Waals surface area (Å²) in [4.78, 5) is 56.9. The number of ether oxygens (including phenoxy) is 1. The molecule has 4 heterocycles. The fourth-order valence-corrected chi connectivity index (χ4v) is 7.34. The minimum absolute atomic E-state index is 0.00200. The van der Waals surface area contributed by atoms with Crippen LogP contribution in [-0.4, -0.2) is 105 Å². The maximum atomic E-state index is 14.7. The van der Waals surface area contributed by atoms with Crippen LogP contribution in [0, 0.1) is 17.5 Å². The SMILES string of the molecule is CN(C)CCOc1cc(F)ccc1-c1cccc(-n2c(=O)n([C@H]3CC[C@@H](N(CCN(C)C)C(=O)c4cn5cc(F)ccc5n4)CC3)c(=O)c3cc(F)cnc32)c1. The average molecular weight is 769 g/mol. The highest BCUT2D eigenvalue weighted by Crippen LogP contribution is 2.34. The predicted molar refractivity (Wildman–Crippen MR) is 207 cm³/mol. The first-order valence-corrected chi connectivity index (χ1v) is 18.5. The standard InChI is InChI=1S/C41H43F3N8O4/c1-47(2)16-17-50(40(54)35-25-49-24-28(43)9-15-37(49)46-35)30-10-12-31(13-11-30)52-39(53)34-21-29(44)23-45-38(34)51(41(52)55)32-7-5-6-26(20-32)33-14-8-27(42)22-36(33)56-19-18-48(3)4/h5-9,14-15,20-25,30-31H,10-13,16-19H2,1-4H3/t30-,31+. The highest BCUT2D eigenvalue weighted by atomic mass is 19.1. The number of aromatic nitrogens is 5. The van der Waals surface area contributed by atoms with Gasteiger partial charge in [-0.1, -0.05) is 12.1 Å². The smallest absolute Gasteiger partial charge is 0.337 e. The van der Waals surface area contributed by atoms with E-state index in [-0.39, 0.29) is 28.7 Å². The molecule has 12 nitrogen and oxygen atoms in total. The van der Waals surface area contributed by atoms with Crippen molar-refractivity contribution < 1.29 is 22.7 Å². The Kier molecular flexibility index (Phi) is 11.1. The van der Waals surface area contributed by atoms with Crippen LogP contribution < -0.4 is 16.0 Å². The largest absolute Gasteiger partial charge is 0.492 e. The summed E-state index contributed by atoms with van der Waals surface area (Å²) >= 11 is 0. The Balaban J connectivity index is 1.22. The molecule has 0 saturated heterocycles. The zero-order chi connectivity index (χ0) is 39.7. The van der Waals surface area contributed by atoms with Gasteiger partial charge in [-0.05, 0) is 102 Å². The van der Waals surface area contributed by atoms with Gasteiger partial charge in [0.1, 0.15) is 41.1 Å². The van der Waals surface area contributed by atoms with Gasteiger partial charge in [0.15, 0.2) is 5.65 Å². The lowest BCUT2D eigenvalue weighted by atomic mass is 9.89. The molecule has 56 heavy (non-hydrogen) atoms. The number of rotatable bonds is 12. The van der Waals surface area contributed by atoms with E-state index in [0.717, 1.165) is 12.3 Å². The van der Waals surface area contributed by atoms with Gasteiger partial charge in [0.2, 0.25) is 0 Å². The van der Waals surface area contributed by atoms with Crippen LogP contribution in [0.3, 0.4) is 0 Å². The lowest BCUT2D eigenvalue weighted by Gasteiger charge is -2.37. The minimum Gasteiger partial charge on any atom is -0.492 e. The second-order valence-corrected chi connectivity index (χ2v) is 14.7. The van der Waals surface area contributed by atoms with Crippen LogP contribution in [0.25, 0.3) is 33.5 Å². The van der Waals surface area contributed by atoms with Crippen LogP contribution in [0.1, 0.15) is 42.2 Å². The second kappa shape index (κ2) is 16.1. The molecule has 0 unspecified atom stereocenters. The maximum Gasteiger partial charge on any atom is 0.337 e. The van der Waals surface area contributed by atoms with Gasteiger partial charge in [-0.3, -0.25) is 14.2 Å². The molecule has 0 N–H and O–H groups in total. The zero-order valence-electron chi connectivity index (χ0n) is 31.7. The van der Waals surface area contributed by atoms with Crippen molar-refractivity contribution in [2.75, 3.05) is 54.4 Å². The molecule has 0 spiro atoms. The summed E-state index contributed by atoms with van der Waals surface area (Å²) in [6.07, 6.45) is 5.48. The Morgan fingerprint density at radius 1 is 0.839 bits per heavy atom. The summed E-state index contributed by atoms with van der Waals surface area (Å²) in [5.74, 6) is -1.60. The number of nitrogens with zero attached hydrogens (tertiary/aromatic N) is 8. The zero-order valence-corrected chi connectivity index (χ0v) is 31.7. The molecule has 0 bridgehead atoms. The van der Waals surface area contributed by atoms with Gasteiger partial charge in [0, 0.05) is 55.7 Å². The molecule has 1 fully saturated rings. The molecular weight excluding hydrogens is 725 g/mol. The van der Waals surface area contributed by atoms with E-state index in [1.807, 2.05) is 38.0 Å². The van der Waals surface area contributed by atoms with Crippen molar-refractivity contribution >= 4 is 22.6 Å². The Bertz CT molecular complexity index is 2520. The highest BCUT2D eigenvalue weighted by Gasteiger charge is 2.33. The fourth-order valence-electron chi connectivity index (χ4n) is 7.34. The average Bonchev–Trinajstić information content (AvgIpc) is 3.59. The molecule has 0 atom stereocenters. The van der Waals surface area contributed by atoms with E-state index in [1.165, 1.54) is 50.2 Å². The molecule has 15 heteroatoms. The van der Waals surface area contributed by atoms with Crippen LogP contribution in [0.15, 0.2) is 88.8 Å². The Morgan fingerprint density at radius 2 is 1.59 bits per heavy atom. The number of halogens is 3. The molecule has 0 radical (unpaired) electrons. The fraction of sp³-hybridized carbons (Fsp3) is 0.341. The van der Waals surface area contributed by atoms with E-state index < -0.39 is 34.7 Å². The van der Waals surface area contributed by atoms with Crippen molar-refractivity contribution in [1.29, 1.82) is 0 Å². The van der Waals surface area contributed by atoms with E-state index in [4.69, 9.17) is 4.74 Å². The Labute approximate surface area is 321 Å². The van der Waals surface area contributed by atoms with E-state index in [2.05, 4.69) is 9.97 Å². The summed E-state index contributed by atoms with van der Waals surface area (Å²) in [7, 11) is 7.64. The summed E-state index contributed by atoms with van der Waals surface area (Å²) in [6, 6.07) is 14.3. The molecule has 1 aliphatic carbocycles. The molecule has 7 rings (SSSR count). The van der Waals surface area contributed by atoms with Crippen molar-refractivity contribution in [3.8, 4) is 22.6 Å². The number of hydrogen-bond acceptors (Lipinski definition) is 8. The van der Waals surface area contributed by atoms with E-state index in [1.54, 1.807) is 35.2 Å². The summed E-state index contributed by atoms with van der Waals surface area (Å²) in [5, 5.41) is -0.0577. The molecule has 4 aromatic heterocycles. The minimum atomic E-state index is -0.723. The van der Waals surface area contributed by atoms with Crippen molar-refractivity contribution in [2.45, 2.75) is 37.8 Å². The molecular formula is C41H43F3N8O4. The molecule has 2 aromatic carbocycles. The van der Waals surface area contributed by atoms with E-state index >= 15 is 0 Å². The number of likely N-dealkylation sites (N-methyl/N-ethyl adjacent to an activating group) is 2. The monoisotopic (exact) mass is 768 g/mol. The van der Waals surface area contributed by atoms with E-state index in [0.29, 0.717) is 80.1 Å². The van der Waals surface area contributed by atoms with Gasteiger partial charge >= 0.3 is 5.69 Å². The molecule has 0 aliphatic heterocycles. The topological polar surface area (TPSA) is 110 Å². The van der Waals surface area contributed by atoms with Gasteiger partial charge in [0.25, 0.3) is 11.5 Å². The van der Waals surface area contributed by atoms with Crippen molar-refractivity contribution in [3.05, 3.63) is 123 Å². The van der Waals surface area contributed by atoms with Crippen LogP contribution in [-0.2, 0) is 0 Å². The Hall–Kier alpha value is -5.80. The number of fused-ring (bicyclic) bond motifs is 2. The van der Waals surface area contributed by atoms with Crippen molar-refractivity contribution in [3.63, 3.8) is 0 Å². The number of hydrogen-bond donors (Lipinski definition) is 0. The first-order chi connectivity index (χ1) is 26.9. The first-order valence-electron chi connectivity index (χ1n) is 18.5. The third kappa shape index (κ3) is 7.95. The van der Waals surface area contributed by atoms with Crippen molar-refractivity contribution in [2.24, 2.45) is 0 Å². The maximum absolute atomic E-state index is 14.7. The first kappa shape index (κ1) is 38.5. The molecule has 1 aliphatic rings. The van der Waals surface area contributed by atoms with Crippen LogP contribution >= 0.6 is 0 Å². The number of amides is 1. The molecule has 1 amide bonds. The molecule has 6 aromatic rings. The number of carbonyl (C=O) groups excluding carboxylic acids is 1. The lowest BCUT2D eigenvalue weighted by Crippen LogP contribution is -2.48. The van der Waals surface area contributed by atoms with Crippen LogP contribution in [0.5, 0.6) is 5.75 Å². The highest BCUT2D eigenvalue weighted by molar-refractivity contribution is 5.93. The van der Waals surface area contributed by atoms with Gasteiger partial charge in [-0.25, -0.2) is 32.5 Å². The number of imidazole rings is 1. The number of pyridine rings is 2. The van der Waals surface area contributed by atoms with Crippen LogP contribution in [0.2, 0.25) is 0 Å². The van der Waals surface area contributed by atoms with Crippen LogP contribution in [0.4, 0.5) is 13.2 Å². The third-order valence-electron chi connectivity index (χ3n) is 10.2. The quantitative estimate of drug-likeness (QED) is 0.163. The van der Waals surface area contributed by atoms with Gasteiger partial charge in [-0.15, -0.1) is 0 Å². The molecule has 292 valence electrons. The Morgan fingerprint density at radius 3 is 2.34 bits per heavy atom. The predicted octanol–water partition coefficient (Wildman–Crippen LogP) is 5.41. The summed E-state index contributed by atoms with van der Waals surface area (Å²) in [6.45, 7) is 1.92. The van der Waals surface area contributed by atoms with Gasteiger partial charge < -0.3 is 23.8 Å². The second-order valence-electron chi connectivity index (χ2n) is 14.7. The number of benzene rings is 2. The molecule has 1 saturated carbocycles. The normalized spacial score (nSPS) is 15.9. The van der Waals surface area contributed by atoms with Gasteiger partial charge in [-0.2, -0.15) is 0 Å². The number of carbonyl (C=O) groups is 1. The van der Waals surface area contributed by atoms with Crippen molar-refractivity contribution in [1.82, 2.24) is 38.2 Å².